The maximum absolute atomic E-state index is 5.73. The lowest BCUT2D eigenvalue weighted by Gasteiger charge is -2.01. The third kappa shape index (κ3) is 0.851. The molecule has 1 unspecified atom stereocenters. The molecular weight excluding hydrogens is 140 g/mol. The molecule has 0 aliphatic carbocycles. The maximum Gasteiger partial charge on any atom is 0.147 e. The molecule has 0 fully saturated rings. The fraction of sp³-hybridized carbons (Fsp3) is 0.250. The summed E-state index contributed by atoms with van der Waals surface area (Å²) in [6, 6.07) is 5.65. The number of nitrogen functional groups attached to an aromatic ring is 1. The lowest BCUT2D eigenvalue weighted by atomic mass is 10.1. The molecule has 1 aliphatic rings. The smallest absolute Gasteiger partial charge is 0.147 e. The van der Waals surface area contributed by atoms with Gasteiger partial charge in [0.15, 0.2) is 0 Å². The lowest BCUT2D eigenvalue weighted by Crippen LogP contribution is -2.10. The number of nitrogens with two attached hydrogens (primary N) is 2. The zero-order valence-electron chi connectivity index (χ0n) is 6.08. The molecule has 2 rings (SSSR count). The molecule has 1 aromatic rings. The highest BCUT2D eigenvalue weighted by Crippen LogP contribution is 2.35. The molecule has 0 saturated carbocycles. The molecule has 0 aromatic heterocycles. The second kappa shape index (κ2) is 2.13. The Hall–Kier alpha value is -1.22. The van der Waals surface area contributed by atoms with Gasteiger partial charge in [-0.05, 0) is 6.07 Å². The van der Waals surface area contributed by atoms with Crippen molar-refractivity contribution >= 4 is 5.69 Å². The molecule has 1 atom stereocenters. The summed E-state index contributed by atoms with van der Waals surface area (Å²) in [4.78, 5) is 0. The average Bonchev–Trinajstić information content (AvgIpc) is 2.35. The van der Waals surface area contributed by atoms with Crippen LogP contribution in [0, 0.1) is 0 Å². The highest BCUT2D eigenvalue weighted by Gasteiger charge is 2.21. The SMILES string of the molecule is Nc1cccc2c1OCC2N. The predicted molar refractivity (Wildman–Crippen MR) is 43.3 cm³/mol. The van der Waals surface area contributed by atoms with Gasteiger partial charge in [0, 0.05) is 5.56 Å². The minimum atomic E-state index is -0.00602. The van der Waals surface area contributed by atoms with Gasteiger partial charge in [-0.1, -0.05) is 12.1 Å². The zero-order chi connectivity index (χ0) is 7.84. The van der Waals surface area contributed by atoms with Crippen molar-refractivity contribution in [2.75, 3.05) is 12.3 Å². The monoisotopic (exact) mass is 150 g/mol. The van der Waals surface area contributed by atoms with Crippen LogP contribution in [-0.4, -0.2) is 6.61 Å². The maximum atomic E-state index is 5.73. The number of hydrogen-bond donors (Lipinski definition) is 2. The van der Waals surface area contributed by atoms with Crippen LogP contribution in [0.5, 0.6) is 5.75 Å². The number of para-hydroxylation sites is 1. The first-order valence-corrected chi connectivity index (χ1v) is 3.56. The van der Waals surface area contributed by atoms with Crippen LogP contribution in [0.3, 0.4) is 0 Å². The molecule has 58 valence electrons. The molecule has 0 saturated heterocycles. The Labute approximate surface area is 64.9 Å². The number of fused-ring (bicyclic) bond motifs is 1. The third-order valence-corrected chi connectivity index (χ3v) is 1.88. The van der Waals surface area contributed by atoms with E-state index in [4.69, 9.17) is 16.2 Å². The van der Waals surface area contributed by atoms with E-state index in [0.29, 0.717) is 12.3 Å². The summed E-state index contributed by atoms with van der Waals surface area (Å²) in [6.45, 7) is 0.545. The van der Waals surface area contributed by atoms with Gasteiger partial charge in [0.2, 0.25) is 0 Å². The molecular formula is C8H10N2O. The summed E-state index contributed by atoms with van der Waals surface area (Å²) in [6.07, 6.45) is 0. The lowest BCUT2D eigenvalue weighted by molar-refractivity contribution is 0.334. The first-order chi connectivity index (χ1) is 5.29. The van der Waals surface area contributed by atoms with E-state index in [2.05, 4.69) is 0 Å². The topological polar surface area (TPSA) is 61.3 Å². The largest absolute Gasteiger partial charge is 0.489 e. The van der Waals surface area contributed by atoms with E-state index in [1.165, 1.54) is 0 Å². The van der Waals surface area contributed by atoms with Gasteiger partial charge in [-0.2, -0.15) is 0 Å². The van der Waals surface area contributed by atoms with E-state index in [1.807, 2.05) is 18.2 Å². The Morgan fingerprint density at radius 3 is 3.00 bits per heavy atom. The minimum absolute atomic E-state index is 0.00602. The molecule has 3 nitrogen and oxygen atoms in total. The van der Waals surface area contributed by atoms with Gasteiger partial charge in [0.25, 0.3) is 0 Å². The molecule has 0 amide bonds. The quantitative estimate of drug-likeness (QED) is 0.534. The molecule has 1 heterocycles. The predicted octanol–water partition coefficient (Wildman–Crippen LogP) is 0.661. The molecule has 0 radical (unpaired) electrons. The van der Waals surface area contributed by atoms with E-state index in [0.717, 1.165) is 11.3 Å². The standard InChI is InChI=1S/C8H10N2O/c9-6-3-1-2-5-7(10)4-11-8(5)6/h1-3,7H,4,9-10H2. The summed E-state index contributed by atoms with van der Waals surface area (Å²) < 4.78 is 5.29. The number of benzene rings is 1. The van der Waals surface area contributed by atoms with E-state index in [1.54, 1.807) is 0 Å². The second-order valence-corrected chi connectivity index (χ2v) is 2.68. The van der Waals surface area contributed by atoms with Crippen molar-refractivity contribution < 1.29 is 4.74 Å². The van der Waals surface area contributed by atoms with Crippen LogP contribution >= 0.6 is 0 Å². The van der Waals surface area contributed by atoms with E-state index < -0.39 is 0 Å². The van der Waals surface area contributed by atoms with Crippen LogP contribution in [0.1, 0.15) is 11.6 Å². The summed E-state index contributed by atoms with van der Waals surface area (Å²) in [7, 11) is 0. The first-order valence-electron chi connectivity index (χ1n) is 3.56. The van der Waals surface area contributed by atoms with Gasteiger partial charge in [-0.25, -0.2) is 0 Å². The van der Waals surface area contributed by atoms with Crippen LogP contribution in [0.15, 0.2) is 18.2 Å². The van der Waals surface area contributed by atoms with Crippen molar-refractivity contribution in [2.24, 2.45) is 5.73 Å². The highest BCUT2D eigenvalue weighted by atomic mass is 16.5. The second-order valence-electron chi connectivity index (χ2n) is 2.68. The van der Waals surface area contributed by atoms with Crippen molar-refractivity contribution in [3.8, 4) is 5.75 Å². The number of rotatable bonds is 0. The summed E-state index contributed by atoms with van der Waals surface area (Å²) in [5.74, 6) is 0.764. The van der Waals surface area contributed by atoms with Gasteiger partial charge in [0.05, 0.1) is 11.7 Å². The molecule has 4 N–H and O–H groups in total. The van der Waals surface area contributed by atoms with Crippen molar-refractivity contribution in [1.82, 2.24) is 0 Å². The Kier molecular flexibility index (Phi) is 1.26. The van der Waals surface area contributed by atoms with Gasteiger partial charge in [-0.15, -0.1) is 0 Å². The van der Waals surface area contributed by atoms with Crippen LogP contribution < -0.4 is 16.2 Å². The first kappa shape index (κ1) is 6.49. The molecule has 3 heteroatoms. The molecule has 1 aliphatic heterocycles. The Morgan fingerprint density at radius 2 is 2.27 bits per heavy atom. The van der Waals surface area contributed by atoms with Crippen LogP contribution in [-0.2, 0) is 0 Å². The Morgan fingerprint density at radius 1 is 1.45 bits per heavy atom. The van der Waals surface area contributed by atoms with E-state index in [-0.39, 0.29) is 6.04 Å². The normalized spacial score (nSPS) is 21.0. The fourth-order valence-corrected chi connectivity index (χ4v) is 1.30. The van der Waals surface area contributed by atoms with Gasteiger partial charge in [0.1, 0.15) is 12.4 Å². The van der Waals surface area contributed by atoms with Crippen molar-refractivity contribution in [3.05, 3.63) is 23.8 Å². The Bertz CT molecular complexity index is 285. The molecule has 1 aromatic carbocycles. The van der Waals surface area contributed by atoms with E-state index in [9.17, 15) is 0 Å². The highest BCUT2D eigenvalue weighted by molar-refractivity contribution is 5.59. The number of ether oxygens (including phenoxy) is 1. The third-order valence-electron chi connectivity index (χ3n) is 1.88. The molecule has 0 spiro atoms. The van der Waals surface area contributed by atoms with Crippen LogP contribution in [0.4, 0.5) is 5.69 Å². The van der Waals surface area contributed by atoms with Gasteiger partial charge in [-0.3, -0.25) is 0 Å². The molecule has 11 heavy (non-hydrogen) atoms. The van der Waals surface area contributed by atoms with Gasteiger partial charge >= 0.3 is 0 Å². The molecule has 0 bridgehead atoms. The summed E-state index contributed by atoms with van der Waals surface area (Å²) in [5.41, 5.74) is 13.1. The fourth-order valence-electron chi connectivity index (χ4n) is 1.30. The number of anilines is 1. The summed E-state index contributed by atoms with van der Waals surface area (Å²) >= 11 is 0. The van der Waals surface area contributed by atoms with Crippen molar-refractivity contribution in [1.29, 1.82) is 0 Å². The minimum Gasteiger partial charge on any atom is -0.489 e. The average molecular weight is 150 g/mol. The van der Waals surface area contributed by atoms with Crippen molar-refractivity contribution in [3.63, 3.8) is 0 Å². The summed E-state index contributed by atoms with van der Waals surface area (Å²) in [5, 5.41) is 0. The zero-order valence-corrected chi connectivity index (χ0v) is 6.08. The Balaban J connectivity index is 2.57. The van der Waals surface area contributed by atoms with Gasteiger partial charge < -0.3 is 16.2 Å². The van der Waals surface area contributed by atoms with Crippen molar-refractivity contribution in [2.45, 2.75) is 6.04 Å². The van der Waals surface area contributed by atoms with Crippen LogP contribution in [0.25, 0.3) is 0 Å². The number of hydrogen-bond acceptors (Lipinski definition) is 3. The van der Waals surface area contributed by atoms with Crippen LogP contribution in [0.2, 0.25) is 0 Å². The van der Waals surface area contributed by atoms with E-state index >= 15 is 0 Å².